The van der Waals surface area contributed by atoms with E-state index in [1.54, 1.807) is 0 Å². The van der Waals surface area contributed by atoms with Gasteiger partial charge in [0.1, 0.15) is 0 Å². The Bertz CT molecular complexity index is 728. The summed E-state index contributed by atoms with van der Waals surface area (Å²) in [7, 11) is 0. The lowest BCUT2D eigenvalue weighted by Crippen LogP contribution is -2.16. The predicted octanol–water partition coefficient (Wildman–Crippen LogP) is 10.3. The van der Waals surface area contributed by atoms with E-state index < -0.39 is 0 Å². The predicted molar refractivity (Wildman–Crippen MR) is 154 cm³/mol. The van der Waals surface area contributed by atoms with Gasteiger partial charge in [-0.15, -0.1) is 13.2 Å². The maximum Gasteiger partial charge on any atom is 0.0684 e. The maximum atomic E-state index is 6.05. The Balaban J connectivity index is 0. The first kappa shape index (κ1) is 33.2. The molecule has 3 heteroatoms. The standard InChI is InChI=1S/C24H33ClN2.2C2H6.C2H4/c1-6-17(3)12-23(7-2)27-16-18(4)20-13-21(15-24(14-20)26-5)19-8-10-22(25)11-9-19;3*1-2/h8-11,14,16-17,21,24H,5-7,12-13,15H2,1-4H3;2*1-2H3;1-2H2/b18-16+,27-23?;;;. The second-order valence-corrected chi connectivity index (χ2v) is 8.15. The summed E-state index contributed by atoms with van der Waals surface area (Å²) >= 11 is 6.05. The number of hydrogen-bond donors (Lipinski definition) is 0. The largest absolute Gasteiger partial charge is 0.293 e. The number of halogens is 1. The Kier molecular flexibility index (Phi) is 20.8. The summed E-state index contributed by atoms with van der Waals surface area (Å²) in [6.07, 6.45) is 9.62. The van der Waals surface area contributed by atoms with Crippen molar-refractivity contribution in [1.29, 1.82) is 0 Å². The molecule has 33 heavy (non-hydrogen) atoms. The Hall–Kier alpha value is -1.93. The summed E-state index contributed by atoms with van der Waals surface area (Å²) in [5.74, 6) is 1.13. The minimum absolute atomic E-state index is 0.160. The molecule has 2 rings (SSSR count). The van der Waals surface area contributed by atoms with Gasteiger partial charge in [-0.25, -0.2) is 0 Å². The van der Waals surface area contributed by atoms with E-state index in [-0.39, 0.29) is 6.04 Å². The monoisotopic (exact) mass is 472 g/mol. The van der Waals surface area contributed by atoms with Gasteiger partial charge in [-0.2, -0.15) is 0 Å². The fourth-order valence-electron chi connectivity index (χ4n) is 3.52. The van der Waals surface area contributed by atoms with Crippen molar-refractivity contribution in [1.82, 2.24) is 0 Å². The van der Waals surface area contributed by atoms with Crippen molar-refractivity contribution in [3.05, 3.63) is 71.4 Å². The average Bonchev–Trinajstić information content (AvgIpc) is 2.89. The lowest BCUT2D eigenvalue weighted by Gasteiger charge is -2.27. The van der Waals surface area contributed by atoms with Crippen molar-refractivity contribution >= 4 is 24.0 Å². The lowest BCUT2D eigenvalue weighted by atomic mass is 9.80. The molecule has 0 heterocycles. The molecule has 1 aromatic rings. The van der Waals surface area contributed by atoms with Crippen LogP contribution in [0.5, 0.6) is 0 Å². The molecule has 0 bridgehead atoms. The third kappa shape index (κ3) is 12.8. The molecular weight excluding hydrogens is 424 g/mol. The van der Waals surface area contributed by atoms with Gasteiger partial charge in [-0.3, -0.25) is 9.98 Å². The van der Waals surface area contributed by atoms with Gasteiger partial charge < -0.3 is 0 Å². The van der Waals surface area contributed by atoms with Crippen LogP contribution >= 0.6 is 11.6 Å². The molecule has 0 aromatic heterocycles. The third-order valence-corrected chi connectivity index (χ3v) is 5.85. The molecule has 186 valence electrons. The van der Waals surface area contributed by atoms with Crippen LogP contribution in [0.2, 0.25) is 5.02 Å². The third-order valence-electron chi connectivity index (χ3n) is 5.60. The normalized spacial score (nSPS) is 18.8. The van der Waals surface area contributed by atoms with Crippen LogP contribution in [0, 0.1) is 5.92 Å². The van der Waals surface area contributed by atoms with E-state index in [9.17, 15) is 0 Å². The van der Waals surface area contributed by atoms with Gasteiger partial charge in [-0.05, 0) is 80.0 Å². The molecule has 0 radical (unpaired) electrons. The Morgan fingerprint density at radius 3 is 2.18 bits per heavy atom. The molecule has 0 aliphatic heterocycles. The highest BCUT2D eigenvalue weighted by molar-refractivity contribution is 6.30. The Labute approximate surface area is 210 Å². The van der Waals surface area contributed by atoms with Gasteiger partial charge in [0.15, 0.2) is 0 Å². The number of nitrogens with zero attached hydrogens (tertiary/aromatic N) is 2. The summed E-state index contributed by atoms with van der Waals surface area (Å²) in [4.78, 5) is 9.14. The highest BCUT2D eigenvalue weighted by Crippen LogP contribution is 2.37. The van der Waals surface area contributed by atoms with Gasteiger partial charge in [-0.1, -0.05) is 84.7 Å². The molecule has 0 saturated heterocycles. The summed E-state index contributed by atoms with van der Waals surface area (Å²) in [6, 6.07) is 8.37. The topological polar surface area (TPSA) is 24.7 Å². The molecule has 1 aromatic carbocycles. The van der Waals surface area contributed by atoms with Crippen molar-refractivity contribution in [3.63, 3.8) is 0 Å². The molecule has 0 fully saturated rings. The Morgan fingerprint density at radius 1 is 1.12 bits per heavy atom. The van der Waals surface area contributed by atoms with Gasteiger partial charge >= 0.3 is 0 Å². The van der Waals surface area contributed by atoms with Gasteiger partial charge in [0.25, 0.3) is 0 Å². The van der Waals surface area contributed by atoms with Crippen LogP contribution < -0.4 is 0 Å². The molecule has 2 nitrogen and oxygen atoms in total. The van der Waals surface area contributed by atoms with E-state index in [0.717, 1.165) is 30.7 Å². The highest BCUT2D eigenvalue weighted by Gasteiger charge is 2.23. The zero-order valence-electron chi connectivity index (χ0n) is 22.6. The summed E-state index contributed by atoms with van der Waals surface area (Å²) < 4.78 is 0. The number of allylic oxidation sites excluding steroid dienone is 2. The van der Waals surface area contributed by atoms with Crippen LogP contribution in [0.1, 0.15) is 99.0 Å². The van der Waals surface area contributed by atoms with Crippen LogP contribution in [-0.4, -0.2) is 18.5 Å². The molecule has 3 atom stereocenters. The number of aliphatic imine (C=N–C) groups is 2. The van der Waals surface area contributed by atoms with E-state index >= 15 is 0 Å². The zero-order chi connectivity index (χ0) is 25.8. The second kappa shape index (κ2) is 20.7. The average molecular weight is 473 g/mol. The molecule has 0 saturated carbocycles. The molecule has 1 aliphatic rings. The van der Waals surface area contributed by atoms with Crippen LogP contribution in [-0.2, 0) is 0 Å². The molecule has 3 unspecified atom stereocenters. The second-order valence-electron chi connectivity index (χ2n) is 7.71. The zero-order valence-corrected chi connectivity index (χ0v) is 23.4. The smallest absolute Gasteiger partial charge is 0.0684 e. The fraction of sp³-hybridized carbons (Fsp3) is 0.533. The Morgan fingerprint density at radius 2 is 1.70 bits per heavy atom. The summed E-state index contributed by atoms with van der Waals surface area (Å²) in [6.45, 7) is 26.7. The van der Waals surface area contributed by atoms with Gasteiger partial charge in [0.2, 0.25) is 0 Å². The first-order chi connectivity index (χ1) is 16.0. The minimum Gasteiger partial charge on any atom is -0.293 e. The number of rotatable bonds is 8. The fourth-order valence-corrected chi connectivity index (χ4v) is 3.65. The van der Waals surface area contributed by atoms with Crippen molar-refractivity contribution in [3.8, 4) is 0 Å². The number of benzene rings is 1. The quantitative estimate of drug-likeness (QED) is 0.265. The lowest BCUT2D eigenvalue weighted by molar-refractivity contribution is 0.551. The summed E-state index contributed by atoms with van der Waals surface area (Å²) in [5.41, 5.74) is 5.17. The van der Waals surface area contributed by atoms with E-state index in [1.807, 2.05) is 39.8 Å². The first-order valence-corrected chi connectivity index (χ1v) is 13.0. The molecule has 0 amide bonds. The first-order valence-electron chi connectivity index (χ1n) is 12.6. The van der Waals surface area contributed by atoms with Crippen molar-refractivity contribution < 1.29 is 0 Å². The number of hydrogen-bond acceptors (Lipinski definition) is 2. The molecular formula is C30H49ClN2. The highest BCUT2D eigenvalue weighted by atomic mass is 35.5. The minimum atomic E-state index is 0.160. The van der Waals surface area contributed by atoms with Crippen LogP contribution in [0.15, 0.2) is 70.8 Å². The maximum absolute atomic E-state index is 6.05. The van der Waals surface area contributed by atoms with Gasteiger partial charge in [0.05, 0.1) is 6.04 Å². The van der Waals surface area contributed by atoms with Crippen LogP contribution in [0.3, 0.4) is 0 Å². The van der Waals surface area contributed by atoms with Crippen molar-refractivity contribution in [2.24, 2.45) is 15.9 Å². The van der Waals surface area contributed by atoms with Crippen molar-refractivity contribution in [2.75, 3.05) is 0 Å². The van der Waals surface area contributed by atoms with E-state index in [1.165, 1.54) is 28.8 Å². The van der Waals surface area contributed by atoms with E-state index in [4.69, 9.17) is 16.6 Å². The van der Waals surface area contributed by atoms with Crippen LogP contribution in [0.4, 0.5) is 0 Å². The van der Waals surface area contributed by atoms with Crippen molar-refractivity contribution in [2.45, 2.75) is 99.5 Å². The van der Waals surface area contributed by atoms with E-state index in [0.29, 0.717) is 11.8 Å². The van der Waals surface area contributed by atoms with E-state index in [2.05, 4.69) is 77.0 Å². The summed E-state index contributed by atoms with van der Waals surface area (Å²) in [5, 5.41) is 0.780. The SMILES string of the molecule is C=C.C=NC1C=C(/C(C)=C/N=C(CC)CC(C)CC)CC(c2ccc(Cl)cc2)C1.CC.CC. The molecule has 1 aliphatic carbocycles. The van der Waals surface area contributed by atoms with Gasteiger partial charge in [0, 0.05) is 16.9 Å². The molecule has 0 spiro atoms. The van der Waals surface area contributed by atoms with Crippen LogP contribution in [0.25, 0.3) is 0 Å². The molecule has 0 N–H and O–H groups in total.